The second-order valence-electron chi connectivity index (χ2n) is 4.71. The van der Waals surface area contributed by atoms with E-state index in [1.807, 2.05) is 13.2 Å². The van der Waals surface area contributed by atoms with Crippen LogP contribution in [-0.4, -0.2) is 48.0 Å². The fourth-order valence-corrected chi connectivity index (χ4v) is 2.63. The van der Waals surface area contributed by atoms with Gasteiger partial charge in [0.05, 0.1) is 11.7 Å². The van der Waals surface area contributed by atoms with Crippen molar-refractivity contribution in [2.24, 2.45) is 0 Å². The standard InChI is InChI=1S/C11H23NO2S/c1-9-6-10(4-5-14-9)12-7-11(2,13)8-15-3/h9-10,12-13H,4-8H2,1-3H3. The van der Waals surface area contributed by atoms with Crippen molar-refractivity contribution in [3.8, 4) is 0 Å². The molecule has 1 heterocycles. The van der Waals surface area contributed by atoms with Crippen LogP contribution >= 0.6 is 11.8 Å². The molecule has 3 unspecified atom stereocenters. The third-order valence-electron chi connectivity index (χ3n) is 2.71. The zero-order valence-corrected chi connectivity index (χ0v) is 10.8. The number of ether oxygens (including phenoxy) is 1. The highest BCUT2D eigenvalue weighted by Crippen LogP contribution is 2.15. The number of nitrogens with one attached hydrogen (secondary N) is 1. The molecule has 0 spiro atoms. The highest BCUT2D eigenvalue weighted by Gasteiger charge is 2.24. The lowest BCUT2D eigenvalue weighted by Gasteiger charge is -2.31. The van der Waals surface area contributed by atoms with Crippen molar-refractivity contribution in [1.29, 1.82) is 0 Å². The van der Waals surface area contributed by atoms with Gasteiger partial charge in [-0.25, -0.2) is 0 Å². The number of thioether (sulfide) groups is 1. The molecule has 1 aliphatic rings. The number of rotatable bonds is 5. The summed E-state index contributed by atoms with van der Waals surface area (Å²) in [7, 11) is 0. The highest BCUT2D eigenvalue weighted by atomic mass is 32.2. The first kappa shape index (κ1) is 13.3. The minimum Gasteiger partial charge on any atom is -0.388 e. The van der Waals surface area contributed by atoms with Gasteiger partial charge in [0.15, 0.2) is 0 Å². The van der Waals surface area contributed by atoms with Crippen LogP contribution in [0.4, 0.5) is 0 Å². The Kier molecular flexibility index (Phi) is 5.39. The van der Waals surface area contributed by atoms with Crippen molar-refractivity contribution in [2.75, 3.05) is 25.2 Å². The molecule has 0 radical (unpaired) electrons. The van der Waals surface area contributed by atoms with E-state index in [-0.39, 0.29) is 0 Å². The molecule has 0 aliphatic carbocycles. The summed E-state index contributed by atoms with van der Waals surface area (Å²) in [4.78, 5) is 0. The Hall–Kier alpha value is 0.230. The van der Waals surface area contributed by atoms with E-state index < -0.39 is 5.60 Å². The summed E-state index contributed by atoms with van der Waals surface area (Å²) in [5, 5.41) is 13.4. The summed E-state index contributed by atoms with van der Waals surface area (Å²) >= 11 is 1.68. The van der Waals surface area contributed by atoms with E-state index in [4.69, 9.17) is 4.74 Å². The van der Waals surface area contributed by atoms with Gasteiger partial charge in [0.2, 0.25) is 0 Å². The van der Waals surface area contributed by atoms with Gasteiger partial charge in [0.25, 0.3) is 0 Å². The van der Waals surface area contributed by atoms with Crippen LogP contribution in [0.5, 0.6) is 0 Å². The maximum Gasteiger partial charge on any atom is 0.0833 e. The topological polar surface area (TPSA) is 41.5 Å². The van der Waals surface area contributed by atoms with Crippen LogP contribution in [-0.2, 0) is 4.74 Å². The Labute approximate surface area is 97.0 Å². The van der Waals surface area contributed by atoms with E-state index in [9.17, 15) is 5.11 Å². The van der Waals surface area contributed by atoms with Gasteiger partial charge in [-0.3, -0.25) is 0 Å². The quantitative estimate of drug-likeness (QED) is 0.750. The van der Waals surface area contributed by atoms with Crippen LogP contribution in [0.15, 0.2) is 0 Å². The van der Waals surface area contributed by atoms with E-state index in [1.54, 1.807) is 11.8 Å². The second-order valence-corrected chi connectivity index (χ2v) is 5.58. The molecule has 1 fully saturated rings. The summed E-state index contributed by atoms with van der Waals surface area (Å²) in [6, 6.07) is 0.502. The van der Waals surface area contributed by atoms with E-state index >= 15 is 0 Å². The predicted molar refractivity (Wildman–Crippen MR) is 65.4 cm³/mol. The van der Waals surface area contributed by atoms with E-state index in [2.05, 4.69) is 12.2 Å². The molecule has 1 saturated heterocycles. The summed E-state index contributed by atoms with van der Waals surface area (Å²) in [5.41, 5.74) is -0.596. The van der Waals surface area contributed by atoms with E-state index in [0.29, 0.717) is 18.7 Å². The first-order chi connectivity index (χ1) is 7.03. The molecule has 3 nitrogen and oxygen atoms in total. The molecule has 15 heavy (non-hydrogen) atoms. The summed E-state index contributed by atoms with van der Waals surface area (Å²) in [6.07, 6.45) is 4.47. The van der Waals surface area contributed by atoms with Crippen LogP contribution in [0, 0.1) is 0 Å². The van der Waals surface area contributed by atoms with Crippen LogP contribution in [0.2, 0.25) is 0 Å². The van der Waals surface area contributed by atoms with Gasteiger partial charge in [-0.2, -0.15) is 11.8 Å². The van der Waals surface area contributed by atoms with Crippen molar-refractivity contribution < 1.29 is 9.84 Å². The lowest BCUT2D eigenvalue weighted by Crippen LogP contribution is -2.46. The molecule has 3 atom stereocenters. The SMILES string of the molecule is CSCC(C)(O)CNC1CCOC(C)C1. The first-order valence-corrected chi connectivity index (χ1v) is 6.99. The van der Waals surface area contributed by atoms with E-state index in [1.165, 1.54) is 0 Å². The molecule has 0 aromatic rings. The Morgan fingerprint density at radius 2 is 2.33 bits per heavy atom. The van der Waals surface area contributed by atoms with Gasteiger partial charge >= 0.3 is 0 Å². The van der Waals surface area contributed by atoms with Crippen LogP contribution in [0.25, 0.3) is 0 Å². The average Bonchev–Trinajstić information content (AvgIpc) is 2.15. The van der Waals surface area contributed by atoms with Crippen LogP contribution in [0.1, 0.15) is 26.7 Å². The number of hydrogen-bond acceptors (Lipinski definition) is 4. The maximum atomic E-state index is 10.00. The van der Waals surface area contributed by atoms with E-state index in [0.717, 1.165) is 25.2 Å². The second kappa shape index (κ2) is 6.09. The Morgan fingerprint density at radius 3 is 2.93 bits per heavy atom. The third-order valence-corrected chi connectivity index (χ3v) is 3.62. The lowest BCUT2D eigenvalue weighted by molar-refractivity contribution is 0.00663. The molecule has 1 rings (SSSR count). The fraction of sp³-hybridized carbons (Fsp3) is 1.00. The van der Waals surface area contributed by atoms with Gasteiger partial charge in [0, 0.05) is 24.9 Å². The molecule has 0 bridgehead atoms. The average molecular weight is 233 g/mol. The monoisotopic (exact) mass is 233 g/mol. The third kappa shape index (κ3) is 5.20. The minimum atomic E-state index is -0.596. The summed E-state index contributed by atoms with van der Waals surface area (Å²) in [5.74, 6) is 0.777. The molecule has 0 aromatic carbocycles. The van der Waals surface area contributed by atoms with Gasteiger partial charge in [0.1, 0.15) is 0 Å². The van der Waals surface area contributed by atoms with Crippen molar-refractivity contribution in [3.63, 3.8) is 0 Å². The van der Waals surface area contributed by atoms with Gasteiger partial charge in [-0.15, -0.1) is 0 Å². The molecular formula is C11H23NO2S. The highest BCUT2D eigenvalue weighted by molar-refractivity contribution is 7.98. The molecule has 90 valence electrons. The van der Waals surface area contributed by atoms with Gasteiger partial charge in [-0.1, -0.05) is 0 Å². The minimum absolute atomic E-state index is 0.349. The largest absolute Gasteiger partial charge is 0.388 e. The predicted octanol–water partition coefficient (Wildman–Crippen LogP) is 1.26. The molecule has 0 amide bonds. The van der Waals surface area contributed by atoms with Crippen LogP contribution in [0.3, 0.4) is 0 Å². The fourth-order valence-electron chi connectivity index (χ4n) is 1.91. The van der Waals surface area contributed by atoms with Crippen molar-refractivity contribution in [3.05, 3.63) is 0 Å². The molecule has 1 aliphatic heterocycles. The van der Waals surface area contributed by atoms with Crippen LogP contribution < -0.4 is 5.32 Å². The summed E-state index contributed by atoms with van der Waals surface area (Å²) in [6.45, 7) is 5.50. The van der Waals surface area contributed by atoms with Crippen molar-refractivity contribution in [1.82, 2.24) is 5.32 Å². The molecule has 2 N–H and O–H groups in total. The molecule has 0 aromatic heterocycles. The Bertz CT molecular complexity index is 187. The lowest BCUT2D eigenvalue weighted by atomic mass is 10.0. The first-order valence-electron chi connectivity index (χ1n) is 5.60. The number of aliphatic hydroxyl groups is 1. The number of hydrogen-bond donors (Lipinski definition) is 2. The summed E-state index contributed by atoms with van der Waals surface area (Å²) < 4.78 is 5.48. The molecule has 0 saturated carbocycles. The van der Waals surface area contributed by atoms with Crippen molar-refractivity contribution >= 4 is 11.8 Å². The van der Waals surface area contributed by atoms with Gasteiger partial charge in [-0.05, 0) is 32.9 Å². The normalized spacial score (nSPS) is 31.2. The Morgan fingerprint density at radius 1 is 1.60 bits per heavy atom. The zero-order chi connectivity index (χ0) is 11.3. The van der Waals surface area contributed by atoms with Gasteiger partial charge < -0.3 is 15.2 Å². The molecule has 4 heteroatoms. The smallest absolute Gasteiger partial charge is 0.0833 e. The molecular weight excluding hydrogens is 210 g/mol. The Balaban J connectivity index is 2.23. The maximum absolute atomic E-state index is 10.00. The zero-order valence-electron chi connectivity index (χ0n) is 9.95. The van der Waals surface area contributed by atoms with Crippen molar-refractivity contribution in [2.45, 2.75) is 44.4 Å².